The number of nitrogens with zero attached hydrogens (tertiary/aromatic N) is 1. The van der Waals surface area contributed by atoms with Gasteiger partial charge in [0.05, 0.1) is 3.79 Å². The summed E-state index contributed by atoms with van der Waals surface area (Å²) < 4.78 is 1.21. The smallest absolute Gasteiger partial charge is 0.0701 e. The summed E-state index contributed by atoms with van der Waals surface area (Å²) in [4.78, 5) is 2.42. The Morgan fingerprint density at radius 1 is 1.69 bits per heavy atom. The van der Waals surface area contributed by atoms with Crippen molar-refractivity contribution in [2.45, 2.75) is 19.0 Å². The lowest BCUT2D eigenvalue weighted by Crippen LogP contribution is -2.26. The van der Waals surface area contributed by atoms with Gasteiger partial charge >= 0.3 is 0 Å². The standard InChI is InChI=1S/C9H13BrN2S/c10-9-3-7(6-13-9)4-12-2-1-8(11)5-12/h3,6,8H,1-2,4-5,11H2. The Bertz CT molecular complexity index is 287. The largest absolute Gasteiger partial charge is 0.326 e. The van der Waals surface area contributed by atoms with E-state index in [2.05, 4.69) is 32.3 Å². The molecule has 2 nitrogen and oxygen atoms in total. The van der Waals surface area contributed by atoms with Crippen molar-refractivity contribution >= 4 is 27.3 Å². The van der Waals surface area contributed by atoms with Gasteiger partial charge in [-0.2, -0.15) is 0 Å². The first-order chi connectivity index (χ1) is 6.24. The van der Waals surface area contributed by atoms with Crippen LogP contribution < -0.4 is 5.73 Å². The van der Waals surface area contributed by atoms with Gasteiger partial charge in [0.1, 0.15) is 0 Å². The Kier molecular flexibility index (Phi) is 3.03. The van der Waals surface area contributed by atoms with Gasteiger partial charge in [-0.1, -0.05) is 0 Å². The van der Waals surface area contributed by atoms with Gasteiger partial charge in [-0.05, 0) is 39.4 Å². The Labute approximate surface area is 90.9 Å². The van der Waals surface area contributed by atoms with Crippen molar-refractivity contribution in [2.75, 3.05) is 13.1 Å². The summed E-state index contributed by atoms with van der Waals surface area (Å²) in [5.41, 5.74) is 7.23. The molecule has 0 aromatic carbocycles. The molecule has 1 aromatic heterocycles. The minimum Gasteiger partial charge on any atom is -0.326 e. The van der Waals surface area contributed by atoms with Gasteiger partial charge in [0.15, 0.2) is 0 Å². The topological polar surface area (TPSA) is 29.3 Å². The lowest BCUT2D eigenvalue weighted by atomic mass is 10.3. The number of nitrogens with two attached hydrogens (primary N) is 1. The quantitative estimate of drug-likeness (QED) is 0.882. The molecule has 1 unspecified atom stereocenters. The molecule has 2 rings (SSSR count). The zero-order chi connectivity index (χ0) is 9.26. The zero-order valence-corrected chi connectivity index (χ0v) is 9.77. The monoisotopic (exact) mass is 260 g/mol. The molecule has 1 saturated heterocycles. The highest BCUT2D eigenvalue weighted by molar-refractivity contribution is 9.11. The average molecular weight is 261 g/mol. The van der Waals surface area contributed by atoms with Crippen LogP contribution in [0.1, 0.15) is 12.0 Å². The fourth-order valence-electron chi connectivity index (χ4n) is 1.69. The van der Waals surface area contributed by atoms with Crippen LogP contribution in [0.4, 0.5) is 0 Å². The molecular weight excluding hydrogens is 248 g/mol. The van der Waals surface area contributed by atoms with E-state index in [9.17, 15) is 0 Å². The lowest BCUT2D eigenvalue weighted by Gasteiger charge is -2.13. The molecule has 0 spiro atoms. The molecule has 72 valence electrons. The molecular formula is C9H13BrN2S. The molecule has 1 atom stereocenters. The summed E-state index contributed by atoms with van der Waals surface area (Å²) in [6.45, 7) is 3.25. The second-order valence-corrected chi connectivity index (χ2v) is 5.83. The number of hydrogen-bond donors (Lipinski definition) is 1. The Morgan fingerprint density at radius 3 is 3.08 bits per heavy atom. The van der Waals surface area contributed by atoms with E-state index in [1.807, 2.05) is 0 Å². The zero-order valence-electron chi connectivity index (χ0n) is 7.37. The van der Waals surface area contributed by atoms with Crippen molar-refractivity contribution in [2.24, 2.45) is 5.73 Å². The SMILES string of the molecule is NC1CCN(Cc2csc(Br)c2)C1. The highest BCUT2D eigenvalue weighted by Crippen LogP contribution is 2.22. The molecule has 4 heteroatoms. The van der Waals surface area contributed by atoms with Crippen LogP contribution in [-0.4, -0.2) is 24.0 Å². The molecule has 0 amide bonds. The Hall–Kier alpha value is 0.100. The predicted octanol–water partition coefficient (Wildman–Crippen LogP) is 2.04. The van der Waals surface area contributed by atoms with Crippen molar-refractivity contribution in [1.82, 2.24) is 4.90 Å². The van der Waals surface area contributed by atoms with Crippen LogP contribution in [0.2, 0.25) is 0 Å². The van der Waals surface area contributed by atoms with Crippen LogP contribution in [0.25, 0.3) is 0 Å². The van der Waals surface area contributed by atoms with Gasteiger partial charge in [-0.3, -0.25) is 4.90 Å². The van der Waals surface area contributed by atoms with Crippen LogP contribution in [0.15, 0.2) is 15.2 Å². The second-order valence-electron chi connectivity index (χ2n) is 3.54. The van der Waals surface area contributed by atoms with E-state index in [1.165, 1.54) is 9.35 Å². The number of rotatable bonds is 2. The molecule has 1 aliphatic heterocycles. The highest BCUT2D eigenvalue weighted by atomic mass is 79.9. The molecule has 2 N–H and O–H groups in total. The molecule has 0 radical (unpaired) electrons. The Balaban J connectivity index is 1.91. The second kappa shape index (κ2) is 4.09. The van der Waals surface area contributed by atoms with Gasteiger partial charge in [-0.15, -0.1) is 11.3 Å². The molecule has 1 aromatic rings. The molecule has 0 saturated carbocycles. The molecule has 0 bridgehead atoms. The number of likely N-dealkylation sites (tertiary alicyclic amines) is 1. The van der Waals surface area contributed by atoms with E-state index in [0.29, 0.717) is 6.04 Å². The third kappa shape index (κ3) is 2.53. The summed E-state index contributed by atoms with van der Waals surface area (Å²) in [7, 11) is 0. The summed E-state index contributed by atoms with van der Waals surface area (Å²) in [5, 5.41) is 2.20. The first-order valence-electron chi connectivity index (χ1n) is 4.45. The fraction of sp³-hybridized carbons (Fsp3) is 0.556. The first kappa shape index (κ1) is 9.65. The fourth-order valence-corrected chi connectivity index (χ4v) is 2.89. The predicted molar refractivity (Wildman–Crippen MR) is 59.9 cm³/mol. The van der Waals surface area contributed by atoms with Gasteiger partial charge in [-0.25, -0.2) is 0 Å². The highest BCUT2D eigenvalue weighted by Gasteiger charge is 2.18. The van der Waals surface area contributed by atoms with Gasteiger partial charge in [0.2, 0.25) is 0 Å². The van der Waals surface area contributed by atoms with Crippen molar-refractivity contribution in [3.63, 3.8) is 0 Å². The summed E-state index contributed by atoms with van der Waals surface area (Å²) in [6, 6.07) is 2.58. The minimum absolute atomic E-state index is 0.391. The van der Waals surface area contributed by atoms with E-state index >= 15 is 0 Å². The van der Waals surface area contributed by atoms with Gasteiger partial charge < -0.3 is 5.73 Å². The summed E-state index contributed by atoms with van der Waals surface area (Å²) >= 11 is 5.22. The lowest BCUT2D eigenvalue weighted by molar-refractivity contribution is 0.327. The maximum Gasteiger partial charge on any atom is 0.0701 e. The molecule has 13 heavy (non-hydrogen) atoms. The minimum atomic E-state index is 0.391. The van der Waals surface area contributed by atoms with E-state index in [4.69, 9.17) is 5.73 Å². The number of halogens is 1. The summed E-state index contributed by atoms with van der Waals surface area (Å²) in [6.07, 6.45) is 1.14. The van der Waals surface area contributed by atoms with Crippen LogP contribution in [-0.2, 0) is 6.54 Å². The van der Waals surface area contributed by atoms with E-state index < -0.39 is 0 Å². The normalized spacial score (nSPS) is 24.0. The van der Waals surface area contributed by atoms with Crippen molar-refractivity contribution in [3.05, 3.63) is 20.8 Å². The maximum absolute atomic E-state index is 5.84. The third-order valence-electron chi connectivity index (χ3n) is 2.34. The number of hydrogen-bond acceptors (Lipinski definition) is 3. The van der Waals surface area contributed by atoms with Crippen LogP contribution in [0, 0.1) is 0 Å². The molecule has 0 aliphatic carbocycles. The van der Waals surface area contributed by atoms with Crippen molar-refractivity contribution in [1.29, 1.82) is 0 Å². The van der Waals surface area contributed by atoms with E-state index in [0.717, 1.165) is 26.1 Å². The van der Waals surface area contributed by atoms with Crippen LogP contribution in [0.5, 0.6) is 0 Å². The molecule has 1 aliphatic rings. The maximum atomic E-state index is 5.84. The first-order valence-corrected chi connectivity index (χ1v) is 6.12. The van der Waals surface area contributed by atoms with Crippen molar-refractivity contribution < 1.29 is 0 Å². The van der Waals surface area contributed by atoms with Crippen molar-refractivity contribution in [3.8, 4) is 0 Å². The van der Waals surface area contributed by atoms with E-state index in [-0.39, 0.29) is 0 Å². The summed E-state index contributed by atoms with van der Waals surface area (Å²) in [5.74, 6) is 0. The van der Waals surface area contributed by atoms with Crippen LogP contribution >= 0.6 is 27.3 Å². The third-order valence-corrected chi connectivity index (χ3v) is 3.89. The van der Waals surface area contributed by atoms with E-state index in [1.54, 1.807) is 11.3 Å². The number of thiophene rings is 1. The average Bonchev–Trinajstić information content (AvgIpc) is 2.62. The molecule has 2 heterocycles. The van der Waals surface area contributed by atoms with Crippen LogP contribution in [0.3, 0.4) is 0 Å². The van der Waals surface area contributed by atoms with Gasteiger partial charge in [0, 0.05) is 25.7 Å². The van der Waals surface area contributed by atoms with Gasteiger partial charge in [0.25, 0.3) is 0 Å². The Morgan fingerprint density at radius 2 is 2.54 bits per heavy atom. The molecule has 1 fully saturated rings.